The van der Waals surface area contributed by atoms with Crippen LogP contribution in [0.2, 0.25) is 0 Å². The highest BCUT2D eigenvalue weighted by molar-refractivity contribution is 5.06. The van der Waals surface area contributed by atoms with E-state index in [1.807, 2.05) is 6.08 Å². The van der Waals surface area contributed by atoms with Crippen LogP contribution in [0.4, 0.5) is 0 Å². The fourth-order valence-electron chi connectivity index (χ4n) is 0.787. The molecule has 0 fully saturated rings. The van der Waals surface area contributed by atoms with Crippen molar-refractivity contribution in [2.45, 2.75) is 26.2 Å². The van der Waals surface area contributed by atoms with Crippen molar-refractivity contribution in [3.63, 3.8) is 0 Å². The summed E-state index contributed by atoms with van der Waals surface area (Å²) in [6, 6.07) is 0. The lowest BCUT2D eigenvalue weighted by Crippen LogP contribution is -1.76. The quantitative estimate of drug-likeness (QED) is 0.401. The molecule has 56 valence electrons. The summed E-state index contributed by atoms with van der Waals surface area (Å²) in [6.07, 6.45) is 9.17. The average molecular weight is 136 g/mol. The normalized spacial score (nSPS) is 10.1. The molecule has 0 aromatic carbocycles. The lowest BCUT2D eigenvalue weighted by molar-refractivity contribution is 0.884. The van der Waals surface area contributed by atoms with Gasteiger partial charge in [0.2, 0.25) is 0 Å². The predicted molar refractivity (Wildman–Crippen MR) is 48.0 cm³/mol. The molecule has 0 bridgehead atoms. The molecular formula is C10H16. The van der Waals surface area contributed by atoms with E-state index < -0.39 is 0 Å². The molecule has 0 aliphatic carbocycles. The van der Waals surface area contributed by atoms with Crippen LogP contribution in [0.1, 0.15) is 26.2 Å². The first-order valence-corrected chi connectivity index (χ1v) is 3.75. The van der Waals surface area contributed by atoms with Gasteiger partial charge in [0, 0.05) is 0 Å². The highest BCUT2D eigenvalue weighted by Crippen LogP contribution is 2.06. The van der Waals surface area contributed by atoms with Gasteiger partial charge in [0.15, 0.2) is 0 Å². The van der Waals surface area contributed by atoms with E-state index in [2.05, 4.69) is 26.2 Å². The average Bonchev–Trinajstić information content (AvgIpc) is 1.89. The van der Waals surface area contributed by atoms with Crippen molar-refractivity contribution in [1.29, 1.82) is 0 Å². The summed E-state index contributed by atoms with van der Waals surface area (Å²) in [5, 5.41) is 0. The second-order valence-electron chi connectivity index (χ2n) is 2.37. The Morgan fingerprint density at radius 1 is 1.50 bits per heavy atom. The molecule has 0 nitrogen and oxygen atoms in total. The van der Waals surface area contributed by atoms with E-state index in [-0.39, 0.29) is 0 Å². The summed E-state index contributed by atoms with van der Waals surface area (Å²) < 4.78 is 0. The molecule has 0 atom stereocenters. The van der Waals surface area contributed by atoms with Crippen LogP contribution in [0.3, 0.4) is 0 Å². The van der Waals surface area contributed by atoms with Gasteiger partial charge in [0.1, 0.15) is 0 Å². The van der Waals surface area contributed by atoms with Gasteiger partial charge < -0.3 is 0 Å². The molecule has 0 aliphatic rings. The number of hydrogen-bond acceptors (Lipinski definition) is 0. The van der Waals surface area contributed by atoms with Gasteiger partial charge in [-0.25, -0.2) is 0 Å². The molecule has 0 saturated carbocycles. The third kappa shape index (κ3) is 5.36. The zero-order chi connectivity index (χ0) is 7.82. The molecular weight excluding hydrogens is 120 g/mol. The third-order valence-electron chi connectivity index (χ3n) is 1.28. The van der Waals surface area contributed by atoms with Gasteiger partial charge in [-0.1, -0.05) is 50.3 Å². The number of allylic oxidation sites excluding steroid dienone is 4. The number of rotatable bonds is 5. The molecule has 0 aromatic rings. The van der Waals surface area contributed by atoms with Gasteiger partial charge in [0.05, 0.1) is 0 Å². The topological polar surface area (TPSA) is 0 Å². The van der Waals surface area contributed by atoms with Gasteiger partial charge in [0.25, 0.3) is 0 Å². The summed E-state index contributed by atoms with van der Waals surface area (Å²) in [7, 11) is 0. The minimum Gasteiger partial charge on any atom is -0.0995 e. The Labute approximate surface area is 64.0 Å². The third-order valence-corrected chi connectivity index (χ3v) is 1.28. The maximum atomic E-state index is 3.93. The van der Waals surface area contributed by atoms with Gasteiger partial charge in [-0.2, -0.15) is 0 Å². The van der Waals surface area contributed by atoms with Crippen LogP contribution >= 0.6 is 0 Å². The van der Waals surface area contributed by atoms with Crippen molar-refractivity contribution >= 4 is 0 Å². The lowest BCUT2D eigenvalue weighted by atomic mass is 10.1. The second-order valence-corrected chi connectivity index (χ2v) is 2.37. The Bertz CT molecular complexity index is 129. The summed E-state index contributed by atoms with van der Waals surface area (Å²) in [5.41, 5.74) is 1.31. The Morgan fingerprint density at radius 2 is 2.20 bits per heavy atom. The summed E-state index contributed by atoms with van der Waals surface area (Å²) in [6.45, 7) is 9.69. The molecule has 0 rings (SSSR count). The summed E-state index contributed by atoms with van der Waals surface area (Å²) >= 11 is 0. The van der Waals surface area contributed by atoms with E-state index >= 15 is 0 Å². The largest absolute Gasteiger partial charge is 0.0995 e. The molecule has 0 unspecified atom stereocenters. The molecule has 0 saturated heterocycles. The molecule has 0 aromatic heterocycles. The zero-order valence-electron chi connectivity index (χ0n) is 6.77. The zero-order valence-corrected chi connectivity index (χ0v) is 6.77. The van der Waals surface area contributed by atoms with Gasteiger partial charge in [-0.15, -0.1) is 0 Å². The SMILES string of the molecule is C=C/C=C\CC(=C)CCC. The predicted octanol–water partition coefficient (Wildman–Crippen LogP) is 3.48. The van der Waals surface area contributed by atoms with E-state index in [4.69, 9.17) is 0 Å². The standard InChI is InChI=1S/C10H16/c1-4-6-7-9-10(3)8-5-2/h4,6-7H,1,3,5,8-9H2,2H3/b7-6-. The Hall–Kier alpha value is -0.780. The van der Waals surface area contributed by atoms with E-state index in [0.717, 1.165) is 12.8 Å². The van der Waals surface area contributed by atoms with Crippen molar-refractivity contribution in [3.8, 4) is 0 Å². The van der Waals surface area contributed by atoms with Crippen LogP contribution in [0.15, 0.2) is 37.0 Å². The van der Waals surface area contributed by atoms with Gasteiger partial charge in [-0.05, 0) is 12.8 Å². The maximum Gasteiger partial charge on any atom is -0.0138 e. The van der Waals surface area contributed by atoms with E-state index in [1.165, 1.54) is 12.0 Å². The molecule has 0 spiro atoms. The molecule has 0 heterocycles. The van der Waals surface area contributed by atoms with Crippen molar-refractivity contribution in [3.05, 3.63) is 37.0 Å². The fourth-order valence-corrected chi connectivity index (χ4v) is 0.787. The van der Waals surface area contributed by atoms with Crippen LogP contribution in [-0.4, -0.2) is 0 Å². The molecule has 0 radical (unpaired) electrons. The Morgan fingerprint density at radius 3 is 2.70 bits per heavy atom. The fraction of sp³-hybridized carbons (Fsp3) is 0.400. The minimum atomic E-state index is 1.000. The van der Waals surface area contributed by atoms with Crippen LogP contribution in [0.25, 0.3) is 0 Å². The van der Waals surface area contributed by atoms with E-state index in [0.29, 0.717) is 0 Å². The molecule has 10 heavy (non-hydrogen) atoms. The van der Waals surface area contributed by atoms with Gasteiger partial charge >= 0.3 is 0 Å². The monoisotopic (exact) mass is 136 g/mol. The van der Waals surface area contributed by atoms with E-state index in [1.54, 1.807) is 6.08 Å². The second kappa shape index (κ2) is 6.34. The van der Waals surface area contributed by atoms with Crippen LogP contribution in [-0.2, 0) is 0 Å². The highest BCUT2D eigenvalue weighted by Gasteiger charge is 1.86. The number of hydrogen-bond donors (Lipinski definition) is 0. The van der Waals surface area contributed by atoms with E-state index in [9.17, 15) is 0 Å². The molecule has 0 aliphatic heterocycles. The van der Waals surface area contributed by atoms with Crippen molar-refractivity contribution in [1.82, 2.24) is 0 Å². The highest BCUT2D eigenvalue weighted by atomic mass is 13.9. The van der Waals surface area contributed by atoms with Crippen LogP contribution in [0.5, 0.6) is 0 Å². The summed E-state index contributed by atoms with van der Waals surface area (Å²) in [5.74, 6) is 0. The minimum absolute atomic E-state index is 1.000. The molecule has 0 amide bonds. The first-order chi connectivity index (χ1) is 4.81. The van der Waals surface area contributed by atoms with Gasteiger partial charge in [-0.3, -0.25) is 0 Å². The van der Waals surface area contributed by atoms with Crippen LogP contribution < -0.4 is 0 Å². The molecule has 0 heteroatoms. The Kier molecular flexibility index (Phi) is 5.85. The van der Waals surface area contributed by atoms with Crippen LogP contribution in [0, 0.1) is 0 Å². The molecule has 0 N–H and O–H groups in total. The Balaban J connectivity index is 3.38. The first kappa shape index (κ1) is 9.22. The van der Waals surface area contributed by atoms with Crippen molar-refractivity contribution in [2.75, 3.05) is 0 Å². The lowest BCUT2D eigenvalue weighted by Gasteiger charge is -1.96. The maximum absolute atomic E-state index is 3.93. The smallest absolute Gasteiger partial charge is 0.0138 e. The summed E-state index contributed by atoms with van der Waals surface area (Å²) in [4.78, 5) is 0. The van der Waals surface area contributed by atoms with Crippen molar-refractivity contribution in [2.24, 2.45) is 0 Å². The van der Waals surface area contributed by atoms with Crippen molar-refractivity contribution < 1.29 is 0 Å². The first-order valence-electron chi connectivity index (χ1n) is 3.75.